The van der Waals surface area contributed by atoms with Crippen LogP contribution in [0.25, 0.3) is 0 Å². The largest absolute Gasteiger partial charge is 0.466 e. The van der Waals surface area contributed by atoms with Crippen molar-refractivity contribution in [2.24, 2.45) is 11.8 Å². The van der Waals surface area contributed by atoms with E-state index in [1.807, 2.05) is 0 Å². The summed E-state index contributed by atoms with van der Waals surface area (Å²) in [5.74, 6) is -0.109. The highest BCUT2D eigenvalue weighted by Crippen LogP contribution is 2.38. The second-order valence-electron chi connectivity index (χ2n) is 11.6. The van der Waals surface area contributed by atoms with E-state index in [2.05, 4.69) is 4.98 Å². The third kappa shape index (κ3) is 11.0. The number of halogens is 9. The van der Waals surface area contributed by atoms with Crippen LogP contribution >= 0.6 is 0 Å². The van der Waals surface area contributed by atoms with Gasteiger partial charge in [0.05, 0.1) is 29.6 Å². The number of nitrogens with zero attached hydrogens (tertiary/aromatic N) is 3. The van der Waals surface area contributed by atoms with Crippen LogP contribution in [0.5, 0.6) is 0 Å². The van der Waals surface area contributed by atoms with Crippen molar-refractivity contribution in [3.8, 4) is 0 Å². The summed E-state index contributed by atoms with van der Waals surface area (Å²) >= 11 is 0. The van der Waals surface area contributed by atoms with E-state index >= 15 is 0 Å². The summed E-state index contributed by atoms with van der Waals surface area (Å²) in [6.45, 7) is 2.47. The maximum atomic E-state index is 13.7. The van der Waals surface area contributed by atoms with Crippen LogP contribution in [0.2, 0.25) is 0 Å². The minimum atomic E-state index is -5.19. The normalized spacial score (nSPS) is 18.0. The molecule has 0 bridgehead atoms. The lowest BCUT2D eigenvalue weighted by molar-refractivity contribution is -0.145. The van der Waals surface area contributed by atoms with Gasteiger partial charge in [-0.2, -0.15) is 43.8 Å². The van der Waals surface area contributed by atoms with Crippen molar-refractivity contribution >= 4 is 21.8 Å². The van der Waals surface area contributed by atoms with Crippen LogP contribution in [0.4, 0.5) is 45.3 Å². The van der Waals surface area contributed by atoms with E-state index in [0.717, 1.165) is 0 Å². The fraction of sp³-hybridized carbons (Fsp3) is 0.600. The molecule has 0 saturated heterocycles. The highest BCUT2D eigenvalue weighted by Gasteiger charge is 2.38. The molecule has 2 aromatic rings. The van der Waals surface area contributed by atoms with E-state index in [9.17, 15) is 52.7 Å². The maximum absolute atomic E-state index is 13.7. The number of hydrogen-bond acceptors (Lipinski definition) is 6. The SMILES string of the molecule is CCOC(=O)CC1CCC(CN(CC)c2ncc(C(F)(F)F)cc2CN(Cc2cc(C(F)(F)F)cc(C(F)(F)F)c2)S(C)(=O)=O)CC1. The second kappa shape index (κ2) is 15.0. The van der Waals surface area contributed by atoms with Crippen LogP contribution in [0.15, 0.2) is 30.5 Å². The second-order valence-corrected chi connectivity index (χ2v) is 13.6. The summed E-state index contributed by atoms with van der Waals surface area (Å²) in [5, 5.41) is 0. The molecule has 47 heavy (non-hydrogen) atoms. The minimum absolute atomic E-state index is 0.00261. The first-order chi connectivity index (χ1) is 21.6. The molecule has 0 atom stereocenters. The number of sulfonamides is 1. The highest BCUT2D eigenvalue weighted by atomic mass is 32.2. The molecule has 1 aromatic heterocycles. The van der Waals surface area contributed by atoms with Crippen molar-refractivity contribution in [3.05, 3.63) is 58.3 Å². The van der Waals surface area contributed by atoms with Gasteiger partial charge in [0, 0.05) is 44.4 Å². The zero-order valence-electron chi connectivity index (χ0n) is 25.9. The van der Waals surface area contributed by atoms with E-state index in [-0.39, 0.29) is 54.8 Å². The molecule has 1 fully saturated rings. The lowest BCUT2D eigenvalue weighted by Gasteiger charge is -2.34. The van der Waals surface area contributed by atoms with Crippen LogP contribution in [0, 0.1) is 11.8 Å². The molecule has 17 heteroatoms. The smallest absolute Gasteiger partial charge is 0.417 e. The number of ether oxygens (including phenoxy) is 1. The molecule has 264 valence electrons. The number of aromatic nitrogens is 1. The molecule has 0 unspecified atom stereocenters. The lowest BCUT2D eigenvalue weighted by Crippen LogP contribution is -2.35. The molecule has 0 amide bonds. The molecule has 1 aliphatic rings. The summed E-state index contributed by atoms with van der Waals surface area (Å²) in [7, 11) is -4.40. The summed E-state index contributed by atoms with van der Waals surface area (Å²) in [4.78, 5) is 17.5. The van der Waals surface area contributed by atoms with Crippen molar-refractivity contribution in [3.63, 3.8) is 0 Å². The van der Waals surface area contributed by atoms with Crippen molar-refractivity contribution in [1.29, 1.82) is 0 Å². The van der Waals surface area contributed by atoms with E-state index in [4.69, 9.17) is 4.74 Å². The lowest BCUT2D eigenvalue weighted by atomic mass is 9.80. The Morgan fingerprint density at radius 1 is 0.830 bits per heavy atom. The molecule has 0 aliphatic heterocycles. The first-order valence-corrected chi connectivity index (χ1v) is 16.7. The van der Waals surface area contributed by atoms with Crippen LogP contribution in [-0.4, -0.2) is 49.6 Å². The summed E-state index contributed by atoms with van der Waals surface area (Å²) in [6.07, 6.45) is -10.9. The van der Waals surface area contributed by atoms with Gasteiger partial charge < -0.3 is 9.64 Å². The molecule has 3 rings (SSSR count). The van der Waals surface area contributed by atoms with E-state index in [1.54, 1.807) is 18.7 Å². The van der Waals surface area contributed by atoms with Crippen LogP contribution in [0.3, 0.4) is 0 Å². The number of benzene rings is 1. The topological polar surface area (TPSA) is 79.8 Å². The summed E-state index contributed by atoms with van der Waals surface area (Å²) in [5.41, 5.74) is -5.42. The standard InChI is InChI=1S/C30H36F9N3O4S/c1-4-41(16-20-8-6-19(7-9-20)12-26(43)46-5-2)27-22(13-25(15-40-27)30(37,38)39)18-42(47(3,44)45)17-21-10-23(28(31,32)33)14-24(11-21)29(34,35)36/h10-11,13-15,19-20H,4-9,12,16-18H2,1-3H3. The molecule has 7 nitrogen and oxygen atoms in total. The molecule has 0 spiro atoms. The molecule has 1 aliphatic carbocycles. The zero-order chi connectivity index (χ0) is 35.4. The van der Waals surface area contributed by atoms with E-state index < -0.39 is 63.9 Å². The first kappa shape index (κ1) is 38.4. The van der Waals surface area contributed by atoms with Gasteiger partial charge in [-0.3, -0.25) is 4.79 Å². The molecule has 1 saturated carbocycles. The molecule has 0 radical (unpaired) electrons. The van der Waals surface area contributed by atoms with Gasteiger partial charge in [0.25, 0.3) is 0 Å². The van der Waals surface area contributed by atoms with Gasteiger partial charge in [-0.05, 0) is 81.2 Å². The van der Waals surface area contributed by atoms with E-state index in [0.29, 0.717) is 67.2 Å². The molecule has 1 aromatic carbocycles. The van der Waals surface area contributed by atoms with Crippen LogP contribution in [0.1, 0.15) is 73.8 Å². The van der Waals surface area contributed by atoms with Gasteiger partial charge >= 0.3 is 24.5 Å². The third-order valence-electron chi connectivity index (χ3n) is 7.98. The van der Waals surface area contributed by atoms with Crippen LogP contribution in [-0.2, 0) is 51.2 Å². The van der Waals surface area contributed by atoms with Gasteiger partial charge in [0.2, 0.25) is 10.0 Å². The van der Waals surface area contributed by atoms with Gasteiger partial charge in [-0.15, -0.1) is 0 Å². The number of pyridine rings is 1. The van der Waals surface area contributed by atoms with Crippen LogP contribution < -0.4 is 4.90 Å². The Balaban J connectivity index is 1.96. The van der Waals surface area contributed by atoms with Crippen molar-refractivity contribution < 1.29 is 57.5 Å². The molecule has 0 N–H and O–H groups in total. The van der Waals surface area contributed by atoms with Gasteiger partial charge in [0.15, 0.2) is 0 Å². The minimum Gasteiger partial charge on any atom is -0.466 e. The quantitative estimate of drug-likeness (QED) is 0.167. The van der Waals surface area contributed by atoms with Gasteiger partial charge in [-0.1, -0.05) is 0 Å². The number of rotatable bonds is 12. The number of carbonyl (C=O) groups is 1. The Kier molecular flexibility index (Phi) is 12.2. The Hall–Kier alpha value is -3.08. The highest BCUT2D eigenvalue weighted by molar-refractivity contribution is 7.88. The Morgan fingerprint density at radius 3 is 1.83 bits per heavy atom. The Morgan fingerprint density at radius 2 is 1.36 bits per heavy atom. The Bertz CT molecular complexity index is 1450. The third-order valence-corrected chi connectivity index (χ3v) is 9.18. The fourth-order valence-electron chi connectivity index (χ4n) is 5.60. The zero-order valence-corrected chi connectivity index (χ0v) is 26.7. The fourth-order valence-corrected chi connectivity index (χ4v) is 6.36. The molecule has 1 heterocycles. The van der Waals surface area contributed by atoms with E-state index in [1.165, 1.54) is 0 Å². The van der Waals surface area contributed by atoms with Gasteiger partial charge in [-0.25, -0.2) is 13.4 Å². The number of alkyl halides is 9. The number of anilines is 1. The van der Waals surface area contributed by atoms with Crippen molar-refractivity contribution in [1.82, 2.24) is 9.29 Å². The van der Waals surface area contributed by atoms with Gasteiger partial charge in [0.1, 0.15) is 5.82 Å². The summed E-state index contributed by atoms with van der Waals surface area (Å²) < 4.78 is 153. The average Bonchev–Trinajstić information content (AvgIpc) is 2.94. The Labute approximate surface area is 267 Å². The number of carbonyl (C=O) groups excluding carboxylic acids is 1. The maximum Gasteiger partial charge on any atom is 0.417 e. The molecular formula is C30H36F9N3O4S. The average molecular weight is 706 g/mol. The summed E-state index contributed by atoms with van der Waals surface area (Å²) in [6, 6.07) is 1.32. The van der Waals surface area contributed by atoms with Crippen molar-refractivity contribution in [2.75, 3.05) is 30.9 Å². The number of esters is 1. The molecular weight excluding hydrogens is 669 g/mol. The predicted octanol–water partition coefficient (Wildman–Crippen LogP) is 7.69. The first-order valence-electron chi connectivity index (χ1n) is 14.8. The van der Waals surface area contributed by atoms with Crippen molar-refractivity contribution in [2.45, 2.75) is 77.6 Å². The predicted molar refractivity (Wildman–Crippen MR) is 154 cm³/mol. The monoisotopic (exact) mass is 705 g/mol. The number of hydrogen-bond donors (Lipinski definition) is 0.